The molecule has 1 atom stereocenters. The summed E-state index contributed by atoms with van der Waals surface area (Å²) in [5.74, 6) is 0.157. The number of halogens is 1. The third-order valence-corrected chi connectivity index (χ3v) is 5.73. The number of aryl methyl sites for hydroxylation is 1. The van der Waals surface area contributed by atoms with E-state index in [9.17, 15) is 4.79 Å². The lowest BCUT2D eigenvalue weighted by atomic mass is 9.69. The fourth-order valence-electron chi connectivity index (χ4n) is 3.26. The van der Waals surface area contributed by atoms with Gasteiger partial charge in [-0.05, 0) is 39.0 Å². The minimum atomic E-state index is -0.813. The van der Waals surface area contributed by atoms with Crippen LogP contribution < -0.4 is 5.73 Å². The molecule has 3 rings (SSSR count). The number of hydrogen-bond donors (Lipinski definition) is 1. The van der Waals surface area contributed by atoms with Gasteiger partial charge in [0.25, 0.3) is 0 Å². The molecule has 0 saturated heterocycles. The summed E-state index contributed by atoms with van der Waals surface area (Å²) in [6, 6.07) is 9.94. The molecule has 2 aromatic rings. The molecule has 0 fully saturated rings. The number of rotatable bonds is 2. The van der Waals surface area contributed by atoms with Crippen molar-refractivity contribution in [3.8, 4) is 11.3 Å². The van der Waals surface area contributed by atoms with Crippen LogP contribution in [0, 0.1) is 5.41 Å². The Bertz CT molecular complexity index is 885. The van der Waals surface area contributed by atoms with Crippen molar-refractivity contribution < 1.29 is 4.79 Å². The molecule has 1 aliphatic heterocycles. The van der Waals surface area contributed by atoms with Crippen LogP contribution in [-0.4, -0.2) is 33.6 Å². The van der Waals surface area contributed by atoms with Crippen molar-refractivity contribution in [2.45, 2.75) is 26.3 Å². The van der Waals surface area contributed by atoms with E-state index in [0.717, 1.165) is 21.4 Å². The smallest absolute Gasteiger partial charge is 0.237 e. The molecule has 6 nitrogen and oxygen atoms in total. The predicted octanol–water partition coefficient (Wildman–Crippen LogP) is 2.88. The lowest BCUT2D eigenvalue weighted by Crippen LogP contribution is -2.58. The van der Waals surface area contributed by atoms with E-state index in [0.29, 0.717) is 0 Å². The van der Waals surface area contributed by atoms with Crippen molar-refractivity contribution in [1.82, 2.24) is 14.7 Å². The second-order valence-corrected chi connectivity index (χ2v) is 8.00. The Hall–Kier alpha value is -2.15. The Labute approximate surface area is 155 Å². The van der Waals surface area contributed by atoms with Crippen LogP contribution in [0.3, 0.4) is 0 Å². The van der Waals surface area contributed by atoms with E-state index in [1.165, 1.54) is 4.90 Å². The van der Waals surface area contributed by atoms with Crippen molar-refractivity contribution >= 4 is 27.8 Å². The normalized spacial score (nSPS) is 22.9. The fourth-order valence-corrected chi connectivity index (χ4v) is 3.66. The maximum Gasteiger partial charge on any atom is 0.237 e. The van der Waals surface area contributed by atoms with Crippen LogP contribution in [0.25, 0.3) is 11.3 Å². The highest BCUT2D eigenvalue weighted by atomic mass is 79.9. The van der Waals surface area contributed by atoms with Gasteiger partial charge in [-0.2, -0.15) is 5.10 Å². The first-order chi connectivity index (χ1) is 11.6. The van der Waals surface area contributed by atoms with Gasteiger partial charge >= 0.3 is 0 Å². The molecule has 2 heterocycles. The molecule has 1 aromatic carbocycles. The van der Waals surface area contributed by atoms with E-state index in [1.54, 1.807) is 11.7 Å². The summed E-state index contributed by atoms with van der Waals surface area (Å²) in [7, 11) is 3.52. The first-order valence-electron chi connectivity index (χ1n) is 8.02. The highest BCUT2D eigenvalue weighted by Crippen LogP contribution is 2.46. The van der Waals surface area contributed by atoms with E-state index in [4.69, 9.17) is 5.73 Å². The molecular formula is C18H22BrN5O. The SMILES string of the molecule is CN1C(=O)C(C)(C)[C@@](C)(c2cc(-c3cccc(Br)c3)nn2C)N=C1N. The van der Waals surface area contributed by atoms with Gasteiger partial charge in [0, 0.05) is 24.1 Å². The second-order valence-electron chi connectivity index (χ2n) is 7.08. The molecular weight excluding hydrogens is 382 g/mol. The molecule has 1 aromatic heterocycles. The number of aromatic nitrogens is 2. The number of benzene rings is 1. The van der Waals surface area contributed by atoms with E-state index in [-0.39, 0.29) is 11.9 Å². The van der Waals surface area contributed by atoms with Gasteiger partial charge in [0.1, 0.15) is 5.54 Å². The monoisotopic (exact) mass is 403 g/mol. The van der Waals surface area contributed by atoms with Gasteiger partial charge < -0.3 is 5.73 Å². The summed E-state index contributed by atoms with van der Waals surface area (Å²) in [5, 5.41) is 4.64. The van der Waals surface area contributed by atoms with E-state index in [1.807, 2.05) is 58.2 Å². The first kappa shape index (κ1) is 17.7. The number of carbonyl (C=O) groups is 1. The third-order valence-electron chi connectivity index (χ3n) is 5.24. The summed E-state index contributed by atoms with van der Waals surface area (Å²) in [5.41, 5.74) is 7.11. The van der Waals surface area contributed by atoms with Gasteiger partial charge in [-0.15, -0.1) is 0 Å². The van der Waals surface area contributed by atoms with E-state index >= 15 is 0 Å². The van der Waals surface area contributed by atoms with Crippen molar-refractivity contribution in [3.63, 3.8) is 0 Å². The molecule has 1 aliphatic rings. The van der Waals surface area contributed by atoms with Crippen molar-refractivity contribution in [2.24, 2.45) is 23.2 Å². The Balaban J connectivity index is 2.17. The van der Waals surface area contributed by atoms with Crippen LogP contribution in [0.15, 0.2) is 39.8 Å². The van der Waals surface area contributed by atoms with Crippen LogP contribution in [-0.2, 0) is 17.4 Å². The maximum absolute atomic E-state index is 12.8. The third kappa shape index (κ3) is 2.57. The van der Waals surface area contributed by atoms with Crippen LogP contribution in [0.2, 0.25) is 0 Å². The number of carbonyl (C=O) groups excluding carboxylic acids is 1. The number of nitrogens with two attached hydrogens (primary N) is 1. The van der Waals surface area contributed by atoms with Gasteiger partial charge in [0.05, 0.1) is 16.8 Å². The number of nitrogens with zero attached hydrogens (tertiary/aromatic N) is 4. The summed E-state index contributed by atoms with van der Waals surface area (Å²) in [6.45, 7) is 5.73. The van der Waals surface area contributed by atoms with Gasteiger partial charge in [-0.3, -0.25) is 14.4 Å². The highest BCUT2D eigenvalue weighted by molar-refractivity contribution is 9.10. The molecule has 0 bridgehead atoms. The zero-order valence-corrected chi connectivity index (χ0v) is 16.6. The maximum atomic E-state index is 12.8. The highest BCUT2D eigenvalue weighted by Gasteiger charge is 2.54. The van der Waals surface area contributed by atoms with Gasteiger partial charge in [-0.25, -0.2) is 4.99 Å². The van der Waals surface area contributed by atoms with Crippen molar-refractivity contribution in [3.05, 3.63) is 40.5 Å². The minimum absolute atomic E-state index is 0.0623. The fraction of sp³-hybridized carbons (Fsp3) is 0.389. The van der Waals surface area contributed by atoms with E-state index < -0.39 is 11.0 Å². The Morgan fingerprint density at radius 3 is 2.48 bits per heavy atom. The molecule has 0 spiro atoms. The molecule has 7 heteroatoms. The summed E-state index contributed by atoms with van der Waals surface area (Å²) < 4.78 is 2.77. The molecule has 1 amide bonds. The summed E-state index contributed by atoms with van der Waals surface area (Å²) in [4.78, 5) is 18.9. The molecule has 2 N–H and O–H groups in total. The zero-order chi connectivity index (χ0) is 18.6. The topological polar surface area (TPSA) is 76.5 Å². The molecule has 0 aliphatic carbocycles. The number of aliphatic imine (C=N–C) groups is 1. The number of hydrogen-bond acceptors (Lipinski definition) is 4. The summed E-state index contributed by atoms with van der Waals surface area (Å²) >= 11 is 3.49. The predicted molar refractivity (Wildman–Crippen MR) is 102 cm³/mol. The van der Waals surface area contributed by atoms with Crippen molar-refractivity contribution in [2.75, 3.05) is 7.05 Å². The quantitative estimate of drug-likeness (QED) is 0.836. The molecule has 132 valence electrons. The van der Waals surface area contributed by atoms with Crippen LogP contribution in [0.5, 0.6) is 0 Å². The summed E-state index contributed by atoms with van der Waals surface area (Å²) in [6.07, 6.45) is 0. The number of amides is 1. The van der Waals surface area contributed by atoms with Crippen LogP contribution in [0.1, 0.15) is 26.5 Å². The molecule has 0 unspecified atom stereocenters. The molecule has 0 saturated carbocycles. The van der Waals surface area contributed by atoms with Gasteiger partial charge in [0.15, 0.2) is 5.96 Å². The van der Waals surface area contributed by atoms with Crippen LogP contribution in [0.4, 0.5) is 0 Å². The standard InChI is InChI=1S/C18H22BrN5O/c1-17(2)15(25)23(4)16(20)21-18(17,3)14-10-13(22-24(14)5)11-7-6-8-12(19)9-11/h6-10H,1-5H3,(H2,20,21)/t18-/m1/s1. The Morgan fingerprint density at radius 1 is 1.16 bits per heavy atom. The second kappa shape index (κ2) is 5.69. The first-order valence-corrected chi connectivity index (χ1v) is 8.81. The van der Waals surface area contributed by atoms with Gasteiger partial charge in [0.2, 0.25) is 5.91 Å². The molecule has 25 heavy (non-hydrogen) atoms. The lowest BCUT2D eigenvalue weighted by molar-refractivity contribution is -0.140. The van der Waals surface area contributed by atoms with Crippen molar-refractivity contribution in [1.29, 1.82) is 0 Å². The average molecular weight is 404 g/mol. The average Bonchev–Trinajstić information content (AvgIpc) is 2.94. The lowest BCUT2D eigenvalue weighted by Gasteiger charge is -2.45. The Morgan fingerprint density at radius 2 is 1.84 bits per heavy atom. The largest absolute Gasteiger partial charge is 0.369 e. The molecule has 0 radical (unpaired) electrons. The van der Waals surface area contributed by atoms with Gasteiger partial charge in [-0.1, -0.05) is 28.1 Å². The minimum Gasteiger partial charge on any atom is -0.369 e. The van der Waals surface area contributed by atoms with Crippen LogP contribution >= 0.6 is 15.9 Å². The Kier molecular flexibility index (Phi) is 4.02. The number of guanidine groups is 1. The zero-order valence-electron chi connectivity index (χ0n) is 15.0. The van der Waals surface area contributed by atoms with E-state index in [2.05, 4.69) is 26.0 Å².